The lowest BCUT2D eigenvalue weighted by Gasteiger charge is -2.35. The number of nitrogens with zero attached hydrogens (tertiary/aromatic N) is 6. The predicted octanol–water partition coefficient (Wildman–Crippen LogP) is 1.09. The van der Waals surface area contributed by atoms with Crippen LogP contribution in [0.3, 0.4) is 0 Å². The van der Waals surface area contributed by atoms with Gasteiger partial charge in [0, 0.05) is 52.4 Å². The number of ether oxygens (including phenoxy) is 1. The molecule has 2 aliphatic rings. The Bertz CT molecular complexity index is 800. The van der Waals surface area contributed by atoms with E-state index in [1.165, 1.54) is 0 Å². The molecule has 1 amide bonds. The van der Waals surface area contributed by atoms with Gasteiger partial charge in [-0.3, -0.25) is 4.79 Å². The van der Waals surface area contributed by atoms with Crippen LogP contribution < -0.4 is 9.80 Å². The second-order valence-corrected chi connectivity index (χ2v) is 7.89. The van der Waals surface area contributed by atoms with E-state index >= 15 is 0 Å². The number of hydrogen-bond donors (Lipinski definition) is 0. The van der Waals surface area contributed by atoms with E-state index in [1.807, 2.05) is 41.3 Å². The van der Waals surface area contributed by atoms with Gasteiger partial charge in [-0.05, 0) is 24.7 Å². The maximum Gasteiger partial charge on any atom is 0.248 e. The van der Waals surface area contributed by atoms with Crippen molar-refractivity contribution in [1.29, 1.82) is 0 Å². The number of amides is 1. The highest BCUT2D eigenvalue weighted by atomic mass is 16.5. The average molecular weight is 411 g/mol. The maximum absolute atomic E-state index is 12.4. The van der Waals surface area contributed by atoms with Crippen molar-refractivity contribution in [2.45, 2.75) is 6.61 Å². The molecule has 30 heavy (non-hydrogen) atoms. The Kier molecular flexibility index (Phi) is 6.76. The maximum atomic E-state index is 12.4. The zero-order valence-corrected chi connectivity index (χ0v) is 17.6. The van der Waals surface area contributed by atoms with E-state index in [1.54, 1.807) is 0 Å². The molecule has 0 radical (unpaired) electrons. The van der Waals surface area contributed by atoms with Crippen LogP contribution in [0.2, 0.25) is 0 Å². The molecule has 0 bridgehead atoms. The molecule has 160 valence electrons. The summed E-state index contributed by atoms with van der Waals surface area (Å²) in [5.41, 5.74) is 1.08. The second kappa shape index (κ2) is 9.86. The van der Waals surface area contributed by atoms with Crippen LogP contribution in [-0.2, 0) is 16.1 Å². The van der Waals surface area contributed by atoms with E-state index in [4.69, 9.17) is 4.74 Å². The van der Waals surface area contributed by atoms with Gasteiger partial charge in [0.15, 0.2) is 11.6 Å². The number of likely N-dealkylation sites (N-methyl/N-ethyl adjacent to an activating group) is 1. The number of aromatic nitrogens is 2. The SMILES string of the molecule is CN1CCN(c2ccc(N3CCN(C(=O)COCc4ccccc4)CC3)nn2)CC1. The third kappa shape index (κ3) is 5.25. The zero-order valence-electron chi connectivity index (χ0n) is 17.6. The Morgan fingerprint density at radius 3 is 1.97 bits per heavy atom. The van der Waals surface area contributed by atoms with Crippen molar-refractivity contribution in [1.82, 2.24) is 20.0 Å². The molecule has 2 fully saturated rings. The largest absolute Gasteiger partial charge is 0.367 e. The number of carbonyl (C=O) groups excluding carboxylic acids is 1. The van der Waals surface area contributed by atoms with Crippen molar-refractivity contribution in [2.24, 2.45) is 0 Å². The molecular weight excluding hydrogens is 380 g/mol. The number of carbonyl (C=O) groups is 1. The topological polar surface area (TPSA) is 65.0 Å². The summed E-state index contributed by atoms with van der Waals surface area (Å²) in [4.78, 5) is 21.1. The molecule has 3 heterocycles. The van der Waals surface area contributed by atoms with Crippen LogP contribution in [0.1, 0.15) is 5.56 Å². The first-order valence-electron chi connectivity index (χ1n) is 10.6. The molecule has 8 nitrogen and oxygen atoms in total. The summed E-state index contributed by atoms with van der Waals surface area (Å²) in [6.07, 6.45) is 0. The Labute approximate surface area is 178 Å². The zero-order chi connectivity index (χ0) is 20.8. The number of benzene rings is 1. The summed E-state index contributed by atoms with van der Waals surface area (Å²) in [5, 5.41) is 8.88. The van der Waals surface area contributed by atoms with Crippen molar-refractivity contribution in [2.75, 3.05) is 75.8 Å². The first-order chi connectivity index (χ1) is 14.7. The van der Waals surface area contributed by atoms with Crippen LogP contribution in [0.15, 0.2) is 42.5 Å². The molecule has 0 unspecified atom stereocenters. The van der Waals surface area contributed by atoms with Crippen molar-refractivity contribution >= 4 is 17.5 Å². The Morgan fingerprint density at radius 2 is 1.40 bits per heavy atom. The first-order valence-corrected chi connectivity index (χ1v) is 10.6. The van der Waals surface area contributed by atoms with Crippen LogP contribution in [0.4, 0.5) is 11.6 Å². The molecule has 1 aromatic heterocycles. The minimum absolute atomic E-state index is 0.0436. The summed E-state index contributed by atoms with van der Waals surface area (Å²) >= 11 is 0. The monoisotopic (exact) mass is 410 g/mol. The van der Waals surface area contributed by atoms with E-state index in [0.717, 1.165) is 56.5 Å². The molecule has 2 aliphatic heterocycles. The standard InChI is InChI=1S/C22H30N6O2/c1-25-9-11-26(12-10-25)20-7-8-21(24-23-20)27-13-15-28(16-14-27)22(29)18-30-17-19-5-3-2-4-6-19/h2-8H,9-18H2,1H3. The van der Waals surface area contributed by atoms with Gasteiger partial charge in [-0.1, -0.05) is 30.3 Å². The van der Waals surface area contributed by atoms with E-state index in [-0.39, 0.29) is 12.5 Å². The Morgan fingerprint density at radius 1 is 0.833 bits per heavy atom. The number of rotatable bonds is 6. The number of anilines is 2. The van der Waals surface area contributed by atoms with Gasteiger partial charge in [0.1, 0.15) is 6.61 Å². The normalized spacial score (nSPS) is 18.0. The van der Waals surface area contributed by atoms with Crippen molar-refractivity contribution in [3.05, 3.63) is 48.0 Å². The number of hydrogen-bond acceptors (Lipinski definition) is 7. The molecule has 0 N–H and O–H groups in total. The molecule has 0 spiro atoms. The van der Waals surface area contributed by atoms with Gasteiger partial charge in [-0.25, -0.2) is 0 Å². The molecule has 2 saturated heterocycles. The van der Waals surface area contributed by atoms with E-state index in [0.29, 0.717) is 19.7 Å². The molecule has 0 aliphatic carbocycles. The van der Waals surface area contributed by atoms with Gasteiger partial charge in [-0.2, -0.15) is 0 Å². The van der Waals surface area contributed by atoms with Gasteiger partial charge < -0.3 is 24.3 Å². The van der Waals surface area contributed by atoms with Crippen LogP contribution in [0.25, 0.3) is 0 Å². The molecule has 4 rings (SSSR count). The van der Waals surface area contributed by atoms with Gasteiger partial charge in [-0.15, -0.1) is 10.2 Å². The minimum atomic E-state index is 0.0436. The average Bonchev–Trinajstić information content (AvgIpc) is 2.80. The van der Waals surface area contributed by atoms with E-state index in [9.17, 15) is 4.79 Å². The minimum Gasteiger partial charge on any atom is -0.367 e. The van der Waals surface area contributed by atoms with Crippen LogP contribution >= 0.6 is 0 Å². The lowest BCUT2D eigenvalue weighted by Crippen LogP contribution is -2.50. The lowest BCUT2D eigenvalue weighted by atomic mass is 10.2. The van der Waals surface area contributed by atoms with Crippen molar-refractivity contribution < 1.29 is 9.53 Å². The fourth-order valence-corrected chi connectivity index (χ4v) is 3.80. The first kappa shape index (κ1) is 20.6. The van der Waals surface area contributed by atoms with E-state index < -0.39 is 0 Å². The smallest absolute Gasteiger partial charge is 0.248 e. The molecule has 0 atom stereocenters. The molecule has 2 aromatic rings. The summed E-state index contributed by atoms with van der Waals surface area (Å²) < 4.78 is 5.59. The van der Waals surface area contributed by atoms with Crippen LogP contribution in [0, 0.1) is 0 Å². The fraction of sp³-hybridized carbons (Fsp3) is 0.500. The molecule has 0 saturated carbocycles. The summed E-state index contributed by atoms with van der Waals surface area (Å²) in [6.45, 7) is 7.51. The van der Waals surface area contributed by atoms with Crippen molar-refractivity contribution in [3.8, 4) is 0 Å². The molecule has 1 aromatic carbocycles. The van der Waals surface area contributed by atoms with Crippen LogP contribution in [-0.4, -0.2) is 91.9 Å². The van der Waals surface area contributed by atoms with Gasteiger partial charge in [0.25, 0.3) is 0 Å². The van der Waals surface area contributed by atoms with Gasteiger partial charge in [0.05, 0.1) is 6.61 Å². The Balaban J connectivity index is 1.21. The summed E-state index contributed by atoms with van der Waals surface area (Å²) in [5.74, 6) is 1.86. The highest BCUT2D eigenvalue weighted by Gasteiger charge is 2.23. The second-order valence-electron chi connectivity index (χ2n) is 7.89. The fourth-order valence-electron chi connectivity index (χ4n) is 3.80. The predicted molar refractivity (Wildman–Crippen MR) is 117 cm³/mol. The quantitative estimate of drug-likeness (QED) is 0.706. The third-order valence-electron chi connectivity index (χ3n) is 5.76. The van der Waals surface area contributed by atoms with Gasteiger partial charge >= 0.3 is 0 Å². The lowest BCUT2D eigenvalue weighted by molar-refractivity contribution is -0.136. The van der Waals surface area contributed by atoms with Crippen molar-refractivity contribution in [3.63, 3.8) is 0 Å². The third-order valence-corrected chi connectivity index (χ3v) is 5.76. The molecule has 8 heteroatoms. The number of piperazine rings is 2. The highest BCUT2D eigenvalue weighted by Crippen LogP contribution is 2.17. The van der Waals surface area contributed by atoms with E-state index in [2.05, 4.69) is 38.0 Å². The summed E-state index contributed by atoms with van der Waals surface area (Å²) in [6, 6.07) is 14.0. The van der Waals surface area contributed by atoms with Crippen LogP contribution in [0.5, 0.6) is 0 Å². The molecular formula is C22H30N6O2. The highest BCUT2D eigenvalue weighted by molar-refractivity contribution is 5.77. The summed E-state index contributed by atoms with van der Waals surface area (Å²) in [7, 11) is 2.14. The Hall–Kier alpha value is -2.71. The van der Waals surface area contributed by atoms with Gasteiger partial charge in [0.2, 0.25) is 5.91 Å².